The molecule has 108 valence electrons. The maximum Gasteiger partial charge on any atom is 0.190 e. The first-order valence-corrected chi connectivity index (χ1v) is 6.72. The lowest BCUT2D eigenvalue weighted by Gasteiger charge is -2.38. The number of rotatable bonds is 7. The number of guanidine groups is 1. The van der Waals surface area contributed by atoms with Crippen LogP contribution in [-0.4, -0.2) is 39.3 Å². The maximum atomic E-state index is 5.23. The van der Waals surface area contributed by atoms with Gasteiger partial charge in [-0.3, -0.25) is 4.99 Å². The normalized spacial score (nSPS) is 17.6. The molecule has 0 atom stereocenters. The Labute approximate surface area is 128 Å². The van der Waals surface area contributed by atoms with Crippen molar-refractivity contribution in [2.24, 2.45) is 10.4 Å². The SMILES string of the molecule is CCCCCCNC(=NC)NCC1(C)COC1.I. The second-order valence-electron chi connectivity index (χ2n) is 5.22. The van der Waals surface area contributed by atoms with Gasteiger partial charge < -0.3 is 15.4 Å². The molecule has 0 spiro atoms. The highest BCUT2D eigenvalue weighted by Crippen LogP contribution is 2.24. The van der Waals surface area contributed by atoms with Gasteiger partial charge in [-0.2, -0.15) is 0 Å². The van der Waals surface area contributed by atoms with Gasteiger partial charge in [0, 0.05) is 25.6 Å². The molecular formula is C13H28IN3O. The molecule has 1 fully saturated rings. The van der Waals surface area contributed by atoms with Crippen LogP contribution in [0.1, 0.15) is 39.5 Å². The second kappa shape index (κ2) is 9.83. The van der Waals surface area contributed by atoms with Crippen molar-refractivity contribution in [3.63, 3.8) is 0 Å². The van der Waals surface area contributed by atoms with E-state index < -0.39 is 0 Å². The molecule has 18 heavy (non-hydrogen) atoms. The highest BCUT2D eigenvalue weighted by molar-refractivity contribution is 14.0. The molecule has 0 aromatic heterocycles. The van der Waals surface area contributed by atoms with Crippen LogP contribution in [0.2, 0.25) is 0 Å². The predicted octanol–water partition coefficient (Wildman–Crippen LogP) is 2.39. The lowest BCUT2D eigenvalue weighted by molar-refractivity contribution is -0.0971. The average molecular weight is 369 g/mol. The number of hydrogen-bond donors (Lipinski definition) is 2. The number of nitrogens with zero attached hydrogens (tertiary/aromatic N) is 1. The Bertz CT molecular complexity index is 242. The molecule has 1 saturated heterocycles. The van der Waals surface area contributed by atoms with Crippen molar-refractivity contribution < 1.29 is 4.74 Å². The van der Waals surface area contributed by atoms with E-state index in [0.717, 1.165) is 32.3 Å². The topological polar surface area (TPSA) is 45.7 Å². The number of aliphatic imine (C=N–C) groups is 1. The highest BCUT2D eigenvalue weighted by atomic mass is 127. The molecule has 1 aliphatic rings. The first kappa shape index (κ1) is 18.0. The summed E-state index contributed by atoms with van der Waals surface area (Å²) in [6.45, 7) is 8.11. The lowest BCUT2D eigenvalue weighted by Crippen LogP contribution is -2.51. The third-order valence-electron chi connectivity index (χ3n) is 3.13. The molecule has 0 aliphatic carbocycles. The van der Waals surface area contributed by atoms with Gasteiger partial charge in [0.25, 0.3) is 0 Å². The molecule has 4 nitrogen and oxygen atoms in total. The summed E-state index contributed by atoms with van der Waals surface area (Å²) in [4.78, 5) is 4.22. The first-order chi connectivity index (χ1) is 8.20. The Kier molecular flexibility index (Phi) is 9.81. The zero-order valence-electron chi connectivity index (χ0n) is 11.9. The van der Waals surface area contributed by atoms with Crippen molar-refractivity contribution in [2.45, 2.75) is 39.5 Å². The molecule has 0 aromatic rings. The van der Waals surface area contributed by atoms with E-state index in [1.165, 1.54) is 25.7 Å². The van der Waals surface area contributed by atoms with Gasteiger partial charge in [0.15, 0.2) is 5.96 Å². The smallest absolute Gasteiger partial charge is 0.190 e. The Morgan fingerprint density at radius 2 is 1.94 bits per heavy atom. The fraction of sp³-hybridized carbons (Fsp3) is 0.923. The Balaban J connectivity index is 0.00000289. The molecule has 0 radical (unpaired) electrons. The van der Waals surface area contributed by atoms with Crippen molar-refractivity contribution in [1.29, 1.82) is 0 Å². The molecular weight excluding hydrogens is 341 g/mol. The summed E-state index contributed by atoms with van der Waals surface area (Å²) in [6, 6.07) is 0. The molecule has 0 bridgehead atoms. The van der Waals surface area contributed by atoms with E-state index in [1.807, 2.05) is 7.05 Å². The van der Waals surface area contributed by atoms with E-state index in [1.54, 1.807) is 0 Å². The molecule has 0 aromatic carbocycles. The van der Waals surface area contributed by atoms with Gasteiger partial charge in [-0.1, -0.05) is 33.1 Å². The highest BCUT2D eigenvalue weighted by Gasteiger charge is 2.33. The van der Waals surface area contributed by atoms with Crippen LogP contribution in [0.25, 0.3) is 0 Å². The minimum absolute atomic E-state index is 0. The van der Waals surface area contributed by atoms with Crippen molar-refractivity contribution in [3.8, 4) is 0 Å². The van der Waals surface area contributed by atoms with Crippen LogP contribution < -0.4 is 10.6 Å². The van der Waals surface area contributed by atoms with Crippen LogP contribution in [0.15, 0.2) is 4.99 Å². The van der Waals surface area contributed by atoms with E-state index in [4.69, 9.17) is 4.74 Å². The fourth-order valence-corrected chi connectivity index (χ4v) is 1.83. The standard InChI is InChI=1S/C13H27N3O.HI/c1-4-5-6-7-8-15-12(14-3)16-9-13(2)10-17-11-13;/h4-11H2,1-3H3,(H2,14,15,16);1H. The van der Waals surface area contributed by atoms with Gasteiger partial charge in [0.05, 0.1) is 13.2 Å². The molecule has 1 rings (SSSR count). The number of ether oxygens (including phenoxy) is 1. The number of hydrogen-bond acceptors (Lipinski definition) is 2. The van der Waals surface area contributed by atoms with Gasteiger partial charge in [-0.15, -0.1) is 24.0 Å². The summed E-state index contributed by atoms with van der Waals surface area (Å²) in [5.41, 5.74) is 0.291. The Hall–Kier alpha value is -0.0400. The Morgan fingerprint density at radius 1 is 1.22 bits per heavy atom. The van der Waals surface area contributed by atoms with Gasteiger partial charge in [0.1, 0.15) is 0 Å². The van der Waals surface area contributed by atoms with Crippen LogP contribution >= 0.6 is 24.0 Å². The van der Waals surface area contributed by atoms with E-state index in [9.17, 15) is 0 Å². The molecule has 5 heteroatoms. The number of halogens is 1. The third kappa shape index (κ3) is 6.78. The fourth-order valence-electron chi connectivity index (χ4n) is 1.83. The zero-order valence-corrected chi connectivity index (χ0v) is 14.3. The van der Waals surface area contributed by atoms with Crippen LogP contribution in [0, 0.1) is 5.41 Å². The molecule has 1 aliphatic heterocycles. The largest absolute Gasteiger partial charge is 0.380 e. The molecule has 1 heterocycles. The van der Waals surface area contributed by atoms with Crippen LogP contribution in [0.4, 0.5) is 0 Å². The van der Waals surface area contributed by atoms with Crippen molar-refractivity contribution in [2.75, 3.05) is 33.4 Å². The molecule has 0 unspecified atom stereocenters. The summed E-state index contributed by atoms with van der Waals surface area (Å²) in [5, 5.41) is 6.71. The van der Waals surface area contributed by atoms with Gasteiger partial charge in [-0.25, -0.2) is 0 Å². The van der Waals surface area contributed by atoms with Crippen LogP contribution in [0.5, 0.6) is 0 Å². The number of nitrogens with one attached hydrogen (secondary N) is 2. The summed E-state index contributed by atoms with van der Waals surface area (Å²) in [5.74, 6) is 0.912. The lowest BCUT2D eigenvalue weighted by atomic mass is 9.89. The zero-order chi connectivity index (χ0) is 12.6. The van der Waals surface area contributed by atoms with Crippen molar-refractivity contribution >= 4 is 29.9 Å². The summed E-state index contributed by atoms with van der Waals surface area (Å²) in [6.07, 6.45) is 5.12. The second-order valence-corrected chi connectivity index (χ2v) is 5.22. The van der Waals surface area contributed by atoms with E-state index in [-0.39, 0.29) is 24.0 Å². The first-order valence-electron chi connectivity index (χ1n) is 6.72. The summed E-state index contributed by atoms with van der Waals surface area (Å²) < 4.78 is 5.23. The third-order valence-corrected chi connectivity index (χ3v) is 3.13. The van der Waals surface area contributed by atoms with E-state index in [2.05, 4.69) is 29.5 Å². The number of unbranched alkanes of at least 4 members (excludes halogenated alkanes) is 3. The Morgan fingerprint density at radius 3 is 2.44 bits per heavy atom. The summed E-state index contributed by atoms with van der Waals surface area (Å²) >= 11 is 0. The van der Waals surface area contributed by atoms with Crippen LogP contribution in [-0.2, 0) is 4.74 Å². The minimum atomic E-state index is 0. The van der Waals surface area contributed by atoms with Crippen molar-refractivity contribution in [3.05, 3.63) is 0 Å². The monoisotopic (exact) mass is 369 g/mol. The van der Waals surface area contributed by atoms with E-state index in [0.29, 0.717) is 5.41 Å². The minimum Gasteiger partial charge on any atom is -0.380 e. The van der Waals surface area contributed by atoms with Gasteiger partial charge in [-0.05, 0) is 6.42 Å². The van der Waals surface area contributed by atoms with E-state index >= 15 is 0 Å². The molecule has 0 saturated carbocycles. The van der Waals surface area contributed by atoms with Crippen molar-refractivity contribution in [1.82, 2.24) is 10.6 Å². The summed E-state index contributed by atoms with van der Waals surface area (Å²) in [7, 11) is 1.82. The van der Waals surface area contributed by atoms with Crippen LogP contribution in [0.3, 0.4) is 0 Å². The predicted molar refractivity (Wildman–Crippen MR) is 87.8 cm³/mol. The van der Waals surface area contributed by atoms with Gasteiger partial charge in [0.2, 0.25) is 0 Å². The van der Waals surface area contributed by atoms with Gasteiger partial charge >= 0.3 is 0 Å². The molecule has 0 amide bonds. The average Bonchev–Trinajstić information content (AvgIpc) is 2.30. The quantitative estimate of drug-likeness (QED) is 0.314. The maximum absolute atomic E-state index is 5.23. The molecule has 2 N–H and O–H groups in total.